The molecule has 0 aliphatic carbocycles. The number of likely N-dealkylation sites (N-methyl/N-ethyl adjacent to an activating group) is 1. The molecule has 3 aliphatic rings. The van der Waals surface area contributed by atoms with Gasteiger partial charge in [-0.05, 0) is 26.8 Å². The first-order valence-electron chi connectivity index (χ1n) is 6.67. The summed E-state index contributed by atoms with van der Waals surface area (Å²) in [6.07, 6.45) is 2.82. The molecule has 0 amide bonds. The highest BCUT2D eigenvalue weighted by Gasteiger charge is 2.50. The highest BCUT2D eigenvalue weighted by molar-refractivity contribution is 5.95. The number of rotatable bonds is 3. The molecule has 2 atom stereocenters. The van der Waals surface area contributed by atoms with Gasteiger partial charge in [0.15, 0.2) is 5.66 Å². The number of hydrazone groups is 1. The zero-order valence-electron chi connectivity index (χ0n) is 11.6. The smallest absolute Gasteiger partial charge is 0.307 e. The number of hydrogen-bond acceptors (Lipinski definition) is 5. The Morgan fingerprint density at radius 1 is 1.63 bits per heavy atom. The van der Waals surface area contributed by atoms with Gasteiger partial charge in [-0.1, -0.05) is 0 Å². The van der Waals surface area contributed by atoms with Gasteiger partial charge in [0.1, 0.15) is 0 Å². The van der Waals surface area contributed by atoms with Crippen LogP contribution in [0.2, 0.25) is 0 Å². The molecule has 104 valence electrons. The molecule has 0 aromatic heterocycles. The number of carboxylic acid groups (broad SMARTS) is 1. The lowest BCUT2D eigenvalue weighted by Gasteiger charge is -2.46. The molecule has 3 aliphatic heterocycles. The van der Waals surface area contributed by atoms with E-state index in [9.17, 15) is 4.79 Å². The number of carboxylic acids is 1. The molecule has 19 heavy (non-hydrogen) atoms. The van der Waals surface area contributed by atoms with Crippen LogP contribution in [0.1, 0.15) is 20.3 Å². The summed E-state index contributed by atoms with van der Waals surface area (Å²) in [7, 11) is 2.08. The van der Waals surface area contributed by atoms with Crippen LogP contribution in [0.5, 0.6) is 0 Å². The molecule has 0 unspecified atom stereocenters. The average molecular weight is 264 g/mol. The molecule has 0 radical (unpaired) electrons. The van der Waals surface area contributed by atoms with Crippen molar-refractivity contribution in [1.82, 2.24) is 14.8 Å². The molecule has 0 aromatic rings. The van der Waals surface area contributed by atoms with Gasteiger partial charge in [-0.25, -0.2) is 5.01 Å². The van der Waals surface area contributed by atoms with E-state index in [1.54, 1.807) is 0 Å². The molecule has 1 saturated heterocycles. The van der Waals surface area contributed by atoms with Crippen LogP contribution < -0.4 is 0 Å². The highest BCUT2D eigenvalue weighted by atomic mass is 16.4. The fourth-order valence-electron chi connectivity index (χ4n) is 3.09. The Bertz CT molecular complexity index is 487. The van der Waals surface area contributed by atoms with E-state index in [0.29, 0.717) is 6.54 Å². The molecule has 3 heterocycles. The Kier molecular flexibility index (Phi) is 2.60. The van der Waals surface area contributed by atoms with E-state index in [1.807, 2.05) is 11.9 Å². The molecule has 1 N–H and O–H groups in total. The first-order valence-corrected chi connectivity index (χ1v) is 6.67. The monoisotopic (exact) mass is 264 g/mol. The summed E-state index contributed by atoms with van der Waals surface area (Å²) >= 11 is 0. The maximum absolute atomic E-state index is 11.0. The van der Waals surface area contributed by atoms with Crippen LogP contribution in [-0.2, 0) is 4.79 Å². The Hall–Kier alpha value is -1.56. The SMILES string of the molecule is CC1=NN2C=C(CN3CC[C@H](C(=O)O)C3)N(C)[C@@]12C. The van der Waals surface area contributed by atoms with E-state index in [2.05, 4.69) is 35.1 Å². The Labute approximate surface area is 113 Å². The van der Waals surface area contributed by atoms with E-state index in [1.165, 1.54) is 5.70 Å². The summed E-state index contributed by atoms with van der Waals surface area (Å²) in [5, 5.41) is 15.4. The first-order chi connectivity index (χ1) is 8.92. The van der Waals surface area contributed by atoms with Gasteiger partial charge in [0, 0.05) is 32.0 Å². The molecule has 0 bridgehead atoms. The Morgan fingerprint density at radius 3 is 2.89 bits per heavy atom. The fraction of sp³-hybridized carbons (Fsp3) is 0.692. The van der Waals surface area contributed by atoms with Crippen molar-refractivity contribution in [2.75, 3.05) is 26.7 Å². The summed E-state index contributed by atoms with van der Waals surface area (Å²) in [6.45, 7) is 6.51. The largest absolute Gasteiger partial charge is 0.481 e. The van der Waals surface area contributed by atoms with Crippen molar-refractivity contribution >= 4 is 11.7 Å². The van der Waals surface area contributed by atoms with Crippen LogP contribution in [0.3, 0.4) is 0 Å². The number of likely N-dealkylation sites (tertiary alicyclic amines) is 1. The van der Waals surface area contributed by atoms with E-state index < -0.39 is 5.97 Å². The molecule has 0 aromatic carbocycles. The van der Waals surface area contributed by atoms with E-state index in [4.69, 9.17) is 5.11 Å². The van der Waals surface area contributed by atoms with Crippen molar-refractivity contribution in [3.8, 4) is 0 Å². The van der Waals surface area contributed by atoms with Gasteiger partial charge < -0.3 is 10.0 Å². The minimum atomic E-state index is -0.675. The van der Waals surface area contributed by atoms with Gasteiger partial charge in [-0.15, -0.1) is 0 Å². The second-order valence-corrected chi connectivity index (χ2v) is 5.79. The van der Waals surface area contributed by atoms with Crippen LogP contribution in [0.4, 0.5) is 0 Å². The van der Waals surface area contributed by atoms with Gasteiger partial charge in [0.2, 0.25) is 0 Å². The summed E-state index contributed by atoms with van der Waals surface area (Å²) < 4.78 is 0. The maximum atomic E-state index is 11.0. The lowest BCUT2D eigenvalue weighted by molar-refractivity contribution is -0.141. The lowest BCUT2D eigenvalue weighted by Crippen LogP contribution is -2.60. The Morgan fingerprint density at radius 2 is 2.37 bits per heavy atom. The first kappa shape index (κ1) is 12.5. The van der Waals surface area contributed by atoms with Crippen molar-refractivity contribution < 1.29 is 9.90 Å². The fourth-order valence-corrected chi connectivity index (χ4v) is 3.09. The van der Waals surface area contributed by atoms with Crippen LogP contribution >= 0.6 is 0 Å². The number of aliphatic carboxylic acids is 1. The van der Waals surface area contributed by atoms with Crippen LogP contribution in [0, 0.1) is 5.92 Å². The summed E-state index contributed by atoms with van der Waals surface area (Å²) in [5.74, 6) is -0.885. The van der Waals surface area contributed by atoms with E-state index in [0.717, 1.165) is 25.2 Å². The molecule has 6 nitrogen and oxygen atoms in total. The van der Waals surface area contributed by atoms with E-state index >= 15 is 0 Å². The molecule has 6 heteroatoms. The predicted molar refractivity (Wildman–Crippen MR) is 71.4 cm³/mol. The van der Waals surface area contributed by atoms with Crippen molar-refractivity contribution in [3.05, 3.63) is 11.9 Å². The standard InChI is InChI=1S/C13H20N4O2/c1-9-13(2)15(3)11(8-17(13)14-9)7-16-5-4-10(6-16)12(18)19/h8,10H,4-7H2,1-3H3,(H,18,19)/t10-,13+/m0/s1. The molecule has 3 rings (SSSR count). The molecule has 0 spiro atoms. The third-order valence-corrected chi connectivity index (χ3v) is 4.75. The number of hydrogen-bond donors (Lipinski definition) is 1. The van der Waals surface area contributed by atoms with Gasteiger partial charge >= 0.3 is 5.97 Å². The molecule has 1 fully saturated rings. The lowest BCUT2D eigenvalue weighted by atomic mass is 10.0. The van der Waals surface area contributed by atoms with Crippen LogP contribution in [0.15, 0.2) is 17.0 Å². The topological polar surface area (TPSA) is 59.4 Å². The normalized spacial score (nSPS) is 33.9. The van der Waals surface area contributed by atoms with Crippen LogP contribution in [0.25, 0.3) is 0 Å². The van der Waals surface area contributed by atoms with Gasteiger partial charge in [-0.3, -0.25) is 9.69 Å². The average Bonchev–Trinajstić information content (AvgIpc) is 2.89. The summed E-state index contributed by atoms with van der Waals surface area (Å²) in [5.41, 5.74) is 2.21. The number of carbonyl (C=O) groups is 1. The van der Waals surface area contributed by atoms with Gasteiger partial charge in [0.05, 0.1) is 11.6 Å². The Balaban J connectivity index is 1.64. The van der Waals surface area contributed by atoms with Gasteiger partial charge in [0.25, 0.3) is 0 Å². The summed E-state index contributed by atoms with van der Waals surface area (Å²) in [6, 6.07) is 0. The van der Waals surface area contributed by atoms with Crippen molar-refractivity contribution in [2.45, 2.75) is 25.9 Å². The minimum absolute atomic E-state index is 0.110. The quantitative estimate of drug-likeness (QED) is 0.808. The van der Waals surface area contributed by atoms with Crippen molar-refractivity contribution in [2.24, 2.45) is 11.0 Å². The van der Waals surface area contributed by atoms with Crippen molar-refractivity contribution in [1.29, 1.82) is 0 Å². The summed E-state index contributed by atoms with van der Waals surface area (Å²) in [4.78, 5) is 15.4. The van der Waals surface area contributed by atoms with Gasteiger partial charge in [-0.2, -0.15) is 5.10 Å². The van der Waals surface area contributed by atoms with Crippen molar-refractivity contribution in [3.63, 3.8) is 0 Å². The third kappa shape index (κ3) is 1.66. The second-order valence-electron chi connectivity index (χ2n) is 5.79. The molecular weight excluding hydrogens is 244 g/mol. The predicted octanol–water partition coefficient (Wildman–Crippen LogP) is 0.587. The highest BCUT2D eigenvalue weighted by Crippen LogP contribution is 2.39. The van der Waals surface area contributed by atoms with E-state index in [-0.39, 0.29) is 11.6 Å². The number of fused-ring (bicyclic) bond motifs is 1. The maximum Gasteiger partial charge on any atom is 0.307 e. The number of nitrogens with zero attached hydrogens (tertiary/aromatic N) is 4. The molecule has 0 saturated carbocycles. The molecular formula is C13H20N4O2. The minimum Gasteiger partial charge on any atom is -0.481 e. The second kappa shape index (κ2) is 3.96. The zero-order chi connectivity index (χ0) is 13.8. The zero-order valence-corrected chi connectivity index (χ0v) is 11.6. The van der Waals surface area contributed by atoms with Crippen LogP contribution in [-0.4, -0.2) is 63.9 Å². The third-order valence-electron chi connectivity index (χ3n) is 4.75.